The number of hydrogen-bond donors (Lipinski definition) is 0. The minimum Gasteiger partial charge on any atom is -0.545 e. The number of carbonyl (C=O) groups excluding carboxylic acids is 2. The van der Waals surface area contributed by atoms with Crippen molar-refractivity contribution < 1.29 is 19.4 Å². The number of nitrogens with zero attached hydrogens (tertiary/aromatic N) is 2. The fourth-order valence-electron chi connectivity index (χ4n) is 2.89. The Labute approximate surface area is 146 Å². The first kappa shape index (κ1) is 16.8. The average Bonchev–Trinajstić information content (AvgIpc) is 2.67. The molecule has 0 N–H and O–H groups in total. The second-order valence-electron chi connectivity index (χ2n) is 5.84. The molecule has 1 saturated heterocycles. The lowest BCUT2D eigenvalue weighted by Gasteiger charge is -2.36. The van der Waals surface area contributed by atoms with Gasteiger partial charge in [0.05, 0.1) is 13.1 Å². The number of carboxylic acid groups (broad SMARTS) is 1. The molecule has 25 heavy (non-hydrogen) atoms. The molecular formula is C19H19N2O4-. The van der Waals surface area contributed by atoms with Crippen molar-refractivity contribution in [1.82, 2.24) is 4.90 Å². The summed E-state index contributed by atoms with van der Waals surface area (Å²) in [5, 5.41) is 10.8. The van der Waals surface area contributed by atoms with Gasteiger partial charge in [0, 0.05) is 37.4 Å². The van der Waals surface area contributed by atoms with Gasteiger partial charge in [-0.15, -0.1) is 0 Å². The zero-order valence-electron chi connectivity index (χ0n) is 14.0. The molecule has 1 aliphatic heterocycles. The summed E-state index contributed by atoms with van der Waals surface area (Å²) < 4.78 is 5.17. The largest absolute Gasteiger partial charge is 0.545 e. The first-order valence-corrected chi connectivity index (χ1v) is 8.08. The second-order valence-corrected chi connectivity index (χ2v) is 5.84. The van der Waals surface area contributed by atoms with Crippen LogP contribution in [0.5, 0.6) is 5.75 Å². The minimum atomic E-state index is -1.24. The monoisotopic (exact) mass is 339 g/mol. The summed E-state index contributed by atoms with van der Waals surface area (Å²) in [7, 11) is 1.64. The SMILES string of the molecule is COc1ccc(N2CCN(C(=O)c3ccc(C(=O)[O-])cc3)CC2)cc1. The van der Waals surface area contributed by atoms with Crippen LogP contribution in [-0.2, 0) is 0 Å². The summed E-state index contributed by atoms with van der Waals surface area (Å²) in [5.74, 6) is -0.510. The van der Waals surface area contributed by atoms with Crippen LogP contribution >= 0.6 is 0 Å². The molecule has 1 heterocycles. The smallest absolute Gasteiger partial charge is 0.253 e. The number of aromatic carboxylic acids is 1. The van der Waals surface area contributed by atoms with Gasteiger partial charge in [-0.2, -0.15) is 0 Å². The molecule has 2 aromatic rings. The molecule has 0 spiro atoms. The highest BCUT2D eigenvalue weighted by atomic mass is 16.5. The molecule has 2 aromatic carbocycles. The van der Waals surface area contributed by atoms with Gasteiger partial charge < -0.3 is 24.4 Å². The van der Waals surface area contributed by atoms with Crippen molar-refractivity contribution >= 4 is 17.6 Å². The van der Waals surface area contributed by atoms with Crippen LogP contribution in [-0.4, -0.2) is 50.1 Å². The number of hydrogen-bond acceptors (Lipinski definition) is 5. The lowest BCUT2D eigenvalue weighted by atomic mass is 10.1. The van der Waals surface area contributed by atoms with Crippen molar-refractivity contribution in [2.45, 2.75) is 0 Å². The zero-order valence-corrected chi connectivity index (χ0v) is 14.0. The lowest BCUT2D eigenvalue weighted by molar-refractivity contribution is -0.255. The summed E-state index contributed by atoms with van der Waals surface area (Å²) >= 11 is 0. The van der Waals surface area contributed by atoms with E-state index in [2.05, 4.69) is 4.90 Å². The van der Waals surface area contributed by atoms with Crippen LogP contribution in [0.25, 0.3) is 0 Å². The van der Waals surface area contributed by atoms with E-state index in [1.165, 1.54) is 24.3 Å². The normalized spacial score (nSPS) is 14.3. The Bertz CT molecular complexity index is 748. The van der Waals surface area contributed by atoms with Crippen molar-refractivity contribution in [2.24, 2.45) is 0 Å². The fraction of sp³-hybridized carbons (Fsp3) is 0.263. The Morgan fingerprint density at radius 2 is 1.44 bits per heavy atom. The molecule has 0 radical (unpaired) electrons. The second kappa shape index (κ2) is 7.25. The highest BCUT2D eigenvalue weighted by molar-refractivity contribution is 5.95. The average molecular weight is 339 g/mol. The molecular weight excluding hydrogens is 320 g/mol. The fourth-order valence-corrected chi connectivity index (χ4v) is 2.89. The van der Waals surface area contributed by atoms with E-state index >= 15 is 0 Å². The van der Waals surface area contributed by atoms with E-state index in [9.17, 15) is 14.7 Å². The number of ether oxygens (including phenoxy) is 1. The van der Waals surface area contributed by atoms with Gasteiger partial charge in [-0.3, -0.25) is 4.79 Å². The predicted octanol–water partition coefficient (Wildman–Crippen LogP) is 1.02. The molecule has 6 nitrogen and oxygen atoms in total. The minimum absolute atomic E-state index is 0.0703. The summed E-state index contributed by atoms with van der Waals surface area (Å²) in [6.07, 6.45) is 0. The molecule has 0 saturated carbocycles. The Morgan fingerprint density at radius 1 is 0.880 bits per heavy atom. The number of methoxy groups -OCH3 is 1. The summed E-state index contributed by atoms with van der Waals surface area (Å²) in [4.78, 5) is 27.3. The van der Waals surface area contributed by atoms with E-state index < -0.39 is 5.97 Å². The van der Waals surface area contributed by atoms with E-state index in [-0.39, 0.29) is 11.5 Å². The van der Waals surface area contributed by atoms with Crippen molar-refractivity contribution in [3.05, 3.63) is 59.7 Å². The van der Waals surface area contributed by atoms with Crippen molar-refractivity contribution in [2.75, 3.05) is 38.2 Å². The van der Waals surface area contributed by atoms with Gasteiger partial charge in [-0.25, -0.2) is 0 Å². The van der Waals surface area contributed by atoms with Crippen molar-refractivity contribution in [3.8, 4) is 5.75 Å². The Morgan fingerprint density at radius 3 is 1.96 bits per heavy atom. The Balaban J connectivity index is 1.61. The molecule has 130 valence electrons. The summed E-state index contributed by atoms with van der Waals surface area (Å²) in [5.41, 5.74) is 1.66. The Hall–Kier alpha value is -3.02. The lowest BCUT2D eigenvalue weighted by Crippen LogP contribution is -2.48. The number of rotatable bonds is 4. The maximum atomic E-state index is 12.5. The maximum Gasteiger partial charge on any atom is 0.253 e. The van der Waals surface area contributed by atoms with E-state index in [1.54, 1.807) is 12.0 Å². The highest BCUT2D eigenvalue weighted by Crippen LogP contribution is 2.21. The van der Waals surface area contributed by atoms with Gasteiger partial charge in [0.1, 0.15) is 5.75 Å². The molecule has 0 bridgehead atoms. The highest BCUT2D eigenvalue weighted by Gasteiger charge is 2.22. The van der Waals surface area contributed by atoms with Crippen LogP contribution in [0.3, 0.4) is 0 Å². The molecule has 3 rings (SSSR count). The third-order valence-electron chi connectivity index (χ3n) is 4.37. The van der Waals surface area contributed by atoms with Crippen LogP contribution in [0.2, 0.25) is 0 Å². The molecule has 0 aromatic heterocycles. The standard InChI is InChI=1S/C19H20N2O4/c1-25-17-8-6-16(7-9-17)20-10-12-21(13-11-20)18(22)14-2-4-15(5-3-14)19(23)24/h2-9H,10-13H2,1H3,(H,23,24)/p-1. The quantitative estimate of drug-likeness (QED) is 0.832. The van der Waals surface area contributed by atoms with Gasteiger partial charge in [-0.05, 0) is 42.0 Å². The number of carboxylic acids is 1. The first-order chi connectivity index (χ1) is 12.1. The van der Waals surface area contributed by atoms with Crippen LogP contribution in [0.15, 0.2) is 48.5 Å². The molecule has 0 unspecified atom stereocenters. The first-order valence-electron chi connectivity index (χ1n) is 8.08. The topological polar surface area (TPSA) is 72.9 Å². The van der Waals surface area contributed by atoms with Crippen molar-refractivity contribution in [3.63, 3.8) is 0 Å². The van der Waals surface area contributed by atoms with Crippen LogP contribution in [0.4, 0.5) is 5.69 Å². The molecule has 1 fully saturated rings. The summed E-state index contributed by atoms with van der Waals surface area (Å²) in [6.45, 7) is 2.73. The molecule has 0 atom stereocenters. The maximum absolute atomic E-state index is 12.5. The predicted molar refractivity (Wildman–Crippen MR) is 91.9 cm³/mol. The van der Waals surface area contributed by atoms with Crippen LogP contribution < -0.4 is 14.7 Å². The number of piperazine rings is 1. The number of amides is 1. The van der Waals surface area contributed by atoms with Gasteiger partial charge >= 0.3 is 0 Å². The zero-order chi connectivity index (χ0) is 17.8. The number of anilines is 1. The molecule has 1 aliphatic rings. The third-order valence-corrected chi connectivity index (χ3v) is 4.37. The van der Waals surface area contributed by atoms with E-state index in [0.717, 1.165) is 24.5 Å². The molecule has 1 amide bonds. The molecule has 6 heteroatoms. The van der Waals surface area contributed by atoms with Crippen LogP contribution in [0, 0.1) is 0 Å². The Kier molecular flexibility index (Phi) is 4.88. The van der Waals surface area contributed by atoms with Gasteiger partial charge in [0.15, 0.2) is 0 Å². The third kappa shape index (κ3) is 3.74. The van der Waals surface area contributed by atoms with E-state index in [1.807, 2.05) is 24.3 Å². The van der Waals surface area contributed by atoms with E-state index in [0.29, 0.717) is 18.7 Å². The van der Waals surface area contributed by atoms with E-state index in [4.69, 9.17) is 4.74 Å². The summed E-state index contributed by atoms with van der Waals surface area (Å²) in [6, 6.07) is 13.7. The van der Waals surface area contributed by atoms with Gasteiger partial charge in [-0.1, -0.05) is 12.1 Å². The van der Waals surface area contributed by atoms with Crippen molar-refractivity contribution in [1.29, 1.82) is 0 Å². The van der Waals surface area contributed by atoms with Gasteiger partial charge in [0.2, 0.25) is 0 Å². The molecule has 0 aliphatic carbocycles. The number of benzene rings is 2. The van der Waals surface area contributed by atoms with Gasteiger partial charge in [0.25, 0.3) is 5.91 Å². The number of carbonyl (C=O) groups is 2. The van der Waals surface area contributed by atoms with Crippen LogP contribution in [0.1, 0.15) is 20.7 Å².